The van der Waals surface area contributed by atoms with Crippen LogP contribution in [0.3, 0.4) is 0 Å². The molecule has 1 aromatic carbocycles. The maximum Gasteiger partial charge on any atom is 0.243 e. The van der Waals surface area contributed by atoms with Crippen LogP contribution in [0.2, 0.25) is 0 Å². The number of aryl methyl sites for hydroxylation is 1. The van der Waals surface area contributed by atoms with Crippen molar-refractivity contribution in [3.63, 3.8) is 0 Å². The van der Waals surface area contributed by atoms with Crippen molar-refractivity contribution in [3.05, 3.63) is 42.4 Å². The number of nitrogens with one attached hydrogen (secondary N) is 1. The Morgan fingerprint density at radius 2 is 1.88 bits per heavy atom. The summed E-state index contributed by atoms with van der Waals surface area (Å²) in [6.45, 7) is 5.33. The maximum atomic E-state index is 12.8. The van der Waals surface area contributed by atoms with Crippen LogP contribution in [0, 0.1) is 6.92 Å². The number of hydrogen-bond donors (Lipinski definition) is 1. The molecule has 1 aromatic heterocycles. The van der Waals surface area contributed by atoms with Crippen LogP contribution in [-0.4, -0.2) is 48.4 Å². The van der Waals surface area contributed by atoms with Crippen LogP contribution in [0.1, 0.15) is 25.5 Å². The van der Waals surface area contributed by atoms with Crippen molar-refractivity contribution in [2.24, 2.45) is 0 Å². The highest BCUT2D eigenvalue weighted by Gasteiger charge is 2.29. The number of ether oxygens (including phenoxy) is 1. The zero-order valence-corrected chi connectivity index (χ0v) is 15.9. The lowest BCUT2D eigenvalue weighted by molar-refractivity contribution is 0.329. The van der Waals surface area contributed by atoms with E-state index in [4.69, 9.17) is 4.74 Å². The summed E-state index contributed by atoms with van der Waals surface area (Å²) in [6, 6.07) is 8.70. The molecule has 3 rings (SSSR count). The van der Waals surface area contributed by atoms with E-state index in [2.05, 4.69) is 15.3 Å². The number of rotatable bonds is 6. The van der Waals surface area contributed by atoms with Crippen LogP contribution in [0.5, 0.6) is 5.75 Å². The summed E-state index contributed by atoms with van der Waals surface area (Å²) >= 11 is 0. The van der Waals surface area contributed by atoms with E-state index in [1.807, 2.05) is 19.9 Å². The molecule has 0 saturated carbocycles. The number of hydrogen-bond acceptors (Lipinski definition) is 6. The molecule has 140 valence electrons. The first-order chi connectivity index (χ1) is 12.5. The van der Waals surface area contributed by atoms with Gasteiger partial charge in [-0.15, -0.1) is 0 Å². The van der Waals surface area contributed by atoms with Gasteiger partial charge in [-0.05, 0) is 51.0 Å². The quantitative estimate of drug-likeness (QED) is 0.834. The fourth-order valence-corrected chi connectivity index (χ4v) is 4.48. The average molecular weight is 376 g/mol. The smallest absolute Gasteiger partial charge is 0.243 e. The van der Waals surface area contributed by atoms with Crippen LogP contribution < -0.4 is 10.1 Å². The molecule has 0 aliphatic carbocycles. The second kappa shape index (κ2) is 8.01. The SMILES string of the molecule is CCOc1ccc(S(=O)(=O)N2CCC(Nc3cc(C)ncn3)CC2)cc1. The number of piperidine rings is 1. The molecule has 1 aliphatic heterocycles. The van der Waals surface area contributed by atoms with Gasteiger partial charge in [0, 0.05) is 30.9 Å². The van der Waals surface area contributed by atoms with E-state index in [0.29, 0.717) is 30.3 Å². The Labute approximate surface area is 154 Å². The Morgan fingerprint density at radius 3 is 2.50 bits per heavy atom. The van der Waals surface area contributed by atoms with Crippen molar-refractivity contribution in [1.29, 1.82) is 0 Å². The van der Waals surface area contributed by atoms with E-state index in [-0.39, 0.29) is 6.04 Å². The number of aromatic nitrogens is 2. The summed E-state index contributed by atoms with van der Waals surface area (Å²) in [5.74, 6) is 1.46. The second-order valence-corrected chi connectivity index (χ2v) is 8.21. The minimum absolute atomic E-state index is 0.205. The summed E-state index contributed by atoms with van der Waals surface area (Å²) < 4.78 is 32.5. The van der Waals surface area contributed by atoms with Crippen LogP contribution in [0.15, 0.2) is 41.6 Å². The van der Waals surface area contributed by atoms with Crippen LogP contribution in [-0.2, 0) is 10.0 Å². The third-order valence-electron chi connectivity index (χ3n) is 4.38. The van der Waals surface area contributed by atoms with Gasteiger partial charge in [-0.25, -0.2) is 18.4 Å². The molecule has 8 heteroatoms. The lowest BCUT2D eigenvalue weighted by Crippen LogP contribution is -2.42. The Bertz CT molecular complexity index is 832. The molecule has 0 atom stereocenters. The summed E-state index contributed by atoms with van der Waals surface area (Å²) in [5.41, 5.74) is 0.901. The van der Waals surface area contributed by atoms with Gasteiger partial charge in [-0.3, -0.25) is 0 Å². The Hall–Kier alpha value is -2.19. The lowest BCUT2D eigenvalue weighted by Gasteiger charge is -2.31. The second-order valence-electron chi connectivity index (χ2n) is 6.27. The zero-order valence-electron chi connectivity index (χ0n) is 15.1. The van der Waals surface area contributed by atoms with Crippen LogP contribution in [0.4, 0.5) is 5.82 Å². The van der Waals surface area contributed by atoms with E-state index in [1.54, 1.807) is 28.6 Å². The topological polar surface area (TPSA) is 84.4 Å². The number of nitrogens with zero attached hydrogens (tertiary/aromatic N) is 3. The van der Waals surface area contributed by atoms with Gasteiger partial charge in [0.05, 0.1) is 11.5 Å². The van der Waals surface area contributed by atoms with Crippen molar-refractivity contribution in [3.8, 4) is 5.75 Å². The fraction of sp³-hybridized carbons (Fsp3) is 0.444. The predicted octanol–water partition coefficient (Wildman–Crippen LogP) is 2.45. The molecule has 26 heavy (non-hydrogen) atoms. The van der Waals surface area contributed by atoms with E-state index in [1.165, 1.54) is 6.33 Å². The third-order valence-corrected chi connectivity index (χ3v) is 6.30. The first kappa shape index (κ1) is 18.6. The molecular formula is C18H24N4O3S. The summed E-state index contributed by atoms with van der Waals surface area (Å²) in [5, 5.41) is 3.37. The van der Waals surface area contributed by atoms with Gasteiger partial charge >= 0.3 is 0 Å². The van der Waals surface area contributed by atoms with Crippen molar-refractivity contribution in [2.75, 3.05) is 25.0 Å². The van der Waals surface area contributed by atoms with Gasteiger partial charge in [0.1, 0.15) is 17.9 Å². The maximum absolute atomic E-state index is 12.8. The monoisotopic (exact) mass is 376 g/mol. The fourth-order valence-electron chi connectivity index (χ4n) is 3.01. The first-order valence-corrected chi connectivity index (χ1v) is 10.2. The lowest BCUT2D eigenvalue weighted by atomic mass is 10.1. The summed E-state index contributed by atoms with van der Waals surface area (Å²) in [4.78, 5) is 8.59. The minimum atomic E-state index is -3.47. The Balaban J connectivity index is 1.61. The number of anilines is 1. The molecule has 2 heterocycles. The molecule has 1 fully saturated rings. The van der Waals surface area contributed by atoms with Crippen LogP contribution >= 0.6 is 0 Å². The molecule has 0 amide bonds. The van der Waals surface area contributed by atoms with Crippen molar-refractivity contribution in [1.82, 2.24) is 14.3 Å². The molecule has 1 saturated heterocycles. The highest BCUT2D eigenvalue weighted by Crippen LogP contribution is 2.24. The Morgan fingerprint density at radius 1 is 1.19 bits per heavy atom. The van der Waals surface area contributed by atoms with Crippen molar-refractivity contribution >= 4 is 15.8 Å². The standard InChI is InChI=1S/C18H24N4O3S/c1-3-25-16-4-6-17(7-5-16)26(23,24)22-10-8-15(9-11-22)21-18-12-14(2)19-13-20-18/h4-7,12-13,15H,3,8-11H2,1-2H3,(H,19,20,21). The number of sulfonamides is 1. The molecule has 1 aliphatic rings. The normalized spacial score (nSPS) is 16.4. The molecular weight excluding hydrogens is 352 g/mol. The Kier molecular flexibility index (Phi) is 5.73. The largest absolute Gasteiger partial charge is 0.494 e. The predicted molar refractivity (Wildman–Crippen MR) is 99.8 cm³/mol. The van der Waals surface area contributed by atoms with E-state index < -0.39 is 10.0 Å². The van der Waals surface area contributed by atoms with Gasteiger partial charge in [0.2, 0.25) is 10.0 Å². The summed E-state index contributed by atoms with van der Waals surface area (Å²) in [7, 11) is -3.47. The molecule has 2 aromatic rings. The van der Waals surface area contributed by atoms with E-state index >= 15 is 0 Å². The molecule has 0 spiro atoms. The van der Waals surface area contributed by atoms with Crippen LogP contribution in [0.25, 0.3) is 0 Å². The average Bonchev–Trinajstić information content (AvgIpc) is 2.63. The van der Waals surface area contributed by atoms with Gasteiger partial charge in [-0.1, -0.05) is 0 Å². The van der Waals surface area contributed by atoms with E-state index in [9.17, 15) is 8.42 Å². The van der Waals surface area contributed by atoms with Crippen molar-refractivity contribution in [2.45, 2.75) is 37.6 Å². The van der Waals surface area contributed by atoms with Gasteiger partial charge < -0.3 is 10.1 Å². The third kappa shape index (κ3) is 4.31. The highest BCUT2D eigenvalue weighted by molar-refractivity contribution is 7.89. The molecule has 7 nitrogen and oxygen atoms in total. The van der Waals surface area contributed by atoms with Crippen molar-refractivity contribution < 1.29 is 13.2 Å². The molecule has 0 radical (unpaired) electrons. The number of benzene rings is 1. The molecule has 1 N–H and O–H groups in total. The molecule has 0 unspecified atom stereocenters. The first-order valence-electron chi connectivity index (χ1n) is 8.77. The van der Waals surface area contributed by atoms with E-state index in [0.717, 1.165) is 24.4 Å². The minimum Gasteiger partial charge on any atom is -0.494 e. The molecule has 0 bridgehead atoms. The zero-order chi connectivity index (χ0) is 18.6. The van der Waals surface area contributed by atoms with Gasteiger partial charge in [0.25, 0.3) is 0 Å². The van der Waals surface area contributed by atoms with Gasteiger partial charge in [0.15, 0.2) is 0 Å². The summed E-state index contributed by atoms with van der Waals surface area (Å²) in [6.07, 6.45) is 3.00. The highest BCUT2D eigenvalue weighted by atomic mass is 32.2. The van der Waals surface area contributed by atoms with Gasteiger partial charge in [-0.2, -0.15) is 4.31 Å².